The van der Waals surface area contributed by atoms with Crippen molar-refractivity contribution in [2.75, 3.05) is 52.4 Å². The summed E-state index contributed by atoms with van der Waals surface area (Å²) < 4.78 is 0. The highest BCUT2D eigenvalue weighted by molar-refractivity contribution is 14.0. The number of guanidine groups is 1. The minimum absolute atomic E-state index is 0. The van der Waals surface area contributed by atoms with Gasteiger partial charge in [-0.25, -0.2) is 0 Å². The van der Waals surface area contributed by atoms with Gasteiger partial charge in [0.05, 0.1) is 6.54 Å². The second-order valence-corrected chi connectivity index (χ2v) is 8.70. The summed E-state index contributed by atoms with van der Waals surface area (Å²) in [6.45, 7) is 19.7. The van der Waals surface area contributed by atoms with Crippen molar-refractivity contribution in [3.63, 3.8) is 0 Å². The molecular formula is C20H38IN5S. The summed E-state index contributed by atoms with van der Waals surface area (Å²) in [5, 5.41) is 9.08. The van der Waals surface area contributed by atoms with Crippen LogP contribution in [-0.2, 0) is 5.41 Å². The van der Waals surface area contributed by atoms with Gasteiger partial charge in [0, 0.05) is 55.6 Å². The summed E-state index contributed by atoms with van der Waals surface area (Å²) >= 11 is 1.81. The van der Waals surface area contributed by atoms with Gasteiger partial charge in [-0.3, -0.25) is 9.89 Å². The first-order valence-corrected chi connectivity index (χ1v) is 10.9. The zero-order chi connectivity index (χ0) is 19.0. The average molecular weight is 508 g/mol. The largest absolute Gasteiger partial charge is 0.357 e. The molecule has 5 nitrogen and oxygen atoms in total. The van der Waals surface area contributed by atoms with Gasteiger partial charge in [-0.05, 0) is 31.8 Å². The Morgan fingerprint density at radius 3 is 2.48 bits per heavy atom. The number of hydrogen-bond donors (Lipinski definition) is 2. The lowest BCUT2D eigenvalue weighted by molar-refractivity contribution is 0.107. The molecule has 0 radical (unpaired) electrons. The van der Waals surface area contributed by atoms with Gasteiger partial charge < -0.3 is 15.5 Å². The van der Waals surface area contributed by atoms with E-state index in [1.807, 2.05) is 11.3 Å². The Morgan fingerprint density at radius 2 is 1.93 bits per heavy atom. The standard InChI is InChI=1S/C20H37N5S.HI/c1-6-21-19(23-16-20(4,5)18-9-8-14-26-18)22-15-17(3)25-12-10-24(7-2)11-13-25;/h8-9,14,17H,6-7,10-13,15-16H2,1-5H3,(H2,21,22,23);1H. The van der Waals surface area contributed by atoms with Crippen LogP contribution in [-0.4, -0.2) is 74.2 Å². The molecule has 1 saturated heterocycles. The highest BCUT2D eigenvalue weighted by Gasteiger charge is 2.22. The Hall–Kier alpha value is -0.380. The van der Waals surface area contributed by atoms with Crippen molar-refractivity contribution in [3.8, 4) is 0 Å². The number of piperazine rings is 1. The van der Waals surface area contributed by atoms with Gasteiger partial charge >= 0.3 is 0 Å². The first kappa shape index (κ1) is 24.7. The Balaban J connectivity index is 0.00000364. The fraction of sp³-hybridized carbons (Fsp3) is 0.750. The Labute approximate surface area is 187 Å². The lowest BCUT2D eigenvalue weighted by atomic mass is 9.92. The molecule has 1 aliphatic rings. The van der Waals surface area contributed by atoms with Gasteiger partial charge in [-0.1, -0.05) is 26.8 Å². The quantitative estimate of drug-likeness (QED) is 0.322. The van der Waals surface area contributed by atoms with Crippen molar-refractivity contribution < 1.29 is 0 Å². The van der Waals surface area contributed by atoms with Gasteiger partial charge in [-0.15, -0.1) is 35.3 Å². The van der Waals surface area contributed by atoms with E-state index < -0.39 is 0 Å². The van der Waals surface area contributed by atoms with Crippen LogP contribution < -0.4 is 10.6 Å². The van der Waals surface area contributed by atoms with Crippen LogP contribution in [0.25, 0.3) is 0 Å². The first-order chi connectivity index (χ1) is 12.5. The van der Waals surface area contributed by atoms with E-state index in [2.05, 4.69) is 72.6 Å². The zero-order valence-electron chi connectivity index (χ0n) is 17.6. The second-order valence-electron chi connectivity index (χ2n) is 7.76. The predicted molar refractivity (Wildman–Crippen MR) is 130 cm³/mol. The molecule has 0 aliphatic carbocycles. The second kappa shape index (κ2) is 12.2. The summed E-state index contributed by atoms with van der Waals surface area (Å²) in [6, 6.07) is 4.84. The monoisotopic (exact) mass is 507 g/mol. The Kier molecular flexibility index (Phi) is 11.2. The SMILES string of the molecule is CCNC(=NCC(C)(C)c1cccs1)NCC(C)N1CCN(CC)CC1.I. The van der Waals surface area contributed by atoms with Crippen molar-refractivity contribution in [2.45, 2.75) is 46.1 Å². The van der Waals surface area contributed by atoms with E-state index in [-0.39, 0.29) is 29.4 Å². The summed E-state index contributed by atoms with van der Waals surface area (Å²) in [5.74, 6) is 0.927. The Bertz CT molecular complexity index is 539. The third-order valence-electron chi connectivity index (χ3n) is 5.21. The molecule has 27 heavy (non-hydrogen) atoms. The minimum Gasteiger partial charge on any atom is -0.357 e. The number of nitrogens with one attached hydrogen (secondary N) is 2. The van der Waals surface area contributed by atoms with Crippen molar-refractivity contribution in [1.82, 2.24) is 20.4 Å². The highest BCUT2D eigenvalue weighted by Crippen LogP contribution is 2.27. The van der Waals surface area contributed by atoms with Crippen molar-refractivity contribution in [2.24, 2.45) is 4.99 Å². The fourth-order valence-electron chi connectivity index (χ4n) is 3.25. The summed E-state index contributed by atoms with van der Waals surface area (Å²) in [7, 11) is 0. The maximum Gasteiger partial charge on any atom is 0.191 e. The number of thiophene rings is 1. The van der Waals surface area contributed by atoms with Gasteiger partial charge in [0.25, 0.3) is 0 Å². The average Bonchev–Trinajstić information content (AvgIpc) is 3.19. The number of rotatable bonds is 8. The predicted octanol–water partition coefficient (Wildman–Crippen LogP) is 3.22. The van der Waals surface area contributed by atoms with E-state index in [0.29, 0.717) is 6.04 Å². The molecule has 156 valence electrons. The minimum atomic E-state index is 0. The number of likely N-dealkylation sites (N-methyl/N-ethyl adjacent to an activating group) is 1. The van der Waals surface area contributed by atoms with Crippen LogP contribution in [0.15, 0.2) is 22.5 Å². The fourth-order valence-corrected chi connectivity index (χ4v) is 4.10. The molecule has 1 aromatic rings. The van der Waals surface area contributed by atoms with Crippen LogP contribution >= 0.6 is 35.3 Å². The molecule has 0 bridgehead atoms. The molecule has 0 saturated carbocycles. The third-order valence-corrected chi connectivity index (χ3v) is 6.44. The van der Waals surface area contributed by atoms with Crippen molar-refractivity contribution in [1.29, 1.82) is 0 Å². The molecule has 1 aliphatic heterocycles. The molecule has 2 heterocycles. The van der Waals surface area contributed by atoms with Crippen LogP contribution in [0.2, 0.25) is 0 Å². The molecule has 2 rings (SSSR count). The Morgan fingerprint density at radius 1 is 1.22 bits per heavy atom. The summed E-state index contributed by atoms with van der Waals surface area (Å²) in [6.07, 6.45) is 0. The van der Waals surface area contributed by atoms with Crippen LogP contribution in [0.4, 0.5) is 0 Å². The van der Waals surface area contributed by atoms with E-state index in [1.54, 1.807) is 0 Å². The van der Waals surface area contributed by atoms with E-state index in [4.69, 9.17) is 4.99 Å². The number of nitrogens with zero attached hydrogens (tertiary/aromatic N) is 3. The lowest BCUT2D eigenvalue weighted by Crippen LogP contribution is -2.53. The smallest absolute Gasteiger partial charge is 0.191 e. The normalized spacial score (nSPS) is 18.0. The van der Waals surface area contributed by atoms with E-state index >= 15 is 0 Å². The van der Waals surface area contributed by atoms with Crippen molar-refractivity contribution in [3.05, 3.63) is 22.4 Å². The molecule has 1 aromatic heterocycles. The molecule has 1 fully saturated rings. The van der Waals surface area contributed by atoms with Crippen LogP contribution in [0, 0.1) is 0 Å². The van der Waals surface area contributed by atoms with E-state index in [0.717, 1.165) is 45.2 Å². The van der Waals surface area contributed by atoms with Crippen LogP contribution in [0.5, 0.6) is 0 Å². The van der Waals surface area contributed by atoms with Gasteiger partial charge in [-0.2, -0.15) is 0 Å². The number of hydrogen-bond acceptors (Lipinski definition) is 4. The van der Waals surface area contributed by atoms with Gasteiger partial charge in [0.1, 0.15) is 0 Å². The molecular weight excluding hydrogens is 469 g/mol. The molecule has 2 N–H and O–H groups in total. The topological polar surface area (TPSA) is 42.9 Å². The first-order valence-electron chi connectivity index (χ1n) is 9.98. The van der Waals surface area contributed by atoms with E-state index in [1.165, 1.54) is 18.0 Å². The zero-order valence-corrected chi connectivity index (χ0v) is 20.8. The maximum atomic E-state index is 4.86. The van der Waals surface area contributed by atoms with E-state index in [9.17, 15) is 0 Å². The molecule has 1 unspecified atom stereocenters. The lowest BCUT2D eigenvalue weighted by Gasteiger charge is -2.37. The number of aliphatic imine (C=N–C) groups is 1. The van der Waals surface area contributed by atoms with Crippen LogP contribution in [0.3, 0.4) is 0 Å². The molecule has 7 heteroatoms. The summed E-state index contributed by atoms with van der Waals surface area (Å²) in [4.78, 5) is 11.4. The molecule has 1 atom stereocenters. The highest BCUT2D eigenvalue weighted by atomic mass is 127. The van der Waals surface area contributed by atoms with Crippen LogP contribution in [0.1, 0.15) is 39.5 Å². The maximum absolute atomic E-state index is 4.86. The third kappa shape index (κ3) is 7.87. The molecule has 0 amide bonds. The van der Waals surface area contributed by atoms with Gasteiger partial charge in [0.15, 0.2) is 5.96 Å². The molecule has 0 aromatic carbocycles. The summed E-state index contributed by atoms with van der Waals surface area (Å²) in [5.41, 5.74) is 0.0681. The molecule has 0 spiro atoms. The number of halogens is 1. The van der Waals surface area contributed by atoms with Crippen molar-refractivity contribution >= 4 is 41.3 Å². The van der Waals surface area contributed by atoms with Gasteiger partial charge in [0.2, 0.25) is 0 Å².